The number of hydrogen-bond donors (Lipinski definition) is 1. The molecule has 0 aliphatic heterocycles. The summed E-state index contributed by atoms with van der Waals surface area (Å²) in [5, 5.41) is 4.36. The van der Waals surface area contributed by atoms with E-state index in [0.29, 0.717) is 12.0 Å². The van der Waals surface area contributed by atoms with Crippen LogP contribution >= 0.6 is 0 Å². The maximum absolute atomic E-state index is 13.1. The monoisotopic (exact) mass is 248 g/mol. The summed E-state index contributed by atoms with van der Waals surface area (Å²) in [6.07, 6.45) is 4.29. The van der Waals surface area contributed by atoms with E-state index in [2.05, 4.69) is 17.0 Å². The molecule has 0 aliphatic carbocycles. The lowest BCUT2D eigenvalue weighted by Crippen LogP contribution is -2.15. The van der Waals surface area contributed by atoms with E-state index in [1.807, 2.05) is 17.8 Å². The standard InChI is InChI=1S/C13H17FN4/c1-3-11-5-12(18(2)17-11)6-13(15)9-4-10(14)8-16-7-9/h4-5,7-8,13H,3,6,15H2,1-2H3. The van der Waals surface area contributed by atoms with Gasteiger partial charge in [0.1, 0.15) is 5.82 Å². The number of aromatic nitrogens is 3. The Bertz CT molecular complexity index is 536. The largest absolute Gasteiger partial charge is 0.324 e. The van der Waals surface area contributed by atoms with Crippen LogP contribution in [0.2, 0.25) is 0 Å². The maximum atomic E-state index is 13.1. The quantitative estimate of drug-likeness (QED) is 0.897. The molecule has 0 spiro atoms. The van der Waals surface area contributed by atoms with Gasteiger partial charge < -0.3 is 5.73 Å². The van der Waals surface area contributed by atoms with E-state index in [4.69, 9.17) is 5.73 Å². The van der Waals surface area contributed by atoms with E-state index in [9.17, 15) is 4.39 Å². The second kappa shape index (κ2) is 5.27. The van der Waals surface area contributed by atoms with Crippen LogP contribution in [0.25, 0.3) is 0 Å². The van der Waals surface area contributed by atoms with Crippen LogP contribution in [0, 0.1) is 5.82 Å². The van der Waals surface area contributed by atoms with E-state index in [0.717, 1.165) is 17.8 Å². The molecular formula is C13H17FN4. The molecule has 0 radical (unpaired) electrons. The Morgan fingerprint density at radius 2 is 2.17 bits per heavy atom. The van der Waals surface area contributed by atoms with Crippen molar-refractivity contribution in [1.82, 2.24) is 14.8 Å². The van der Waals surface area contributed by atoms with Gasteiger partial charge in [-0.25, -0.2) is 4.39 Å². The number of pyridine rings is 1. The second-order valence-electron chi connectivity index (χ2n) is 4.35. The first-order chi connectivity index (χ1) is 8.60. The maximum Gasteiger partial charge on any atom is 0.141 e. The Kier molecular flexibility index (Phi) is 3.72. The highest BCUT2D eigenvalue weighted by Gasteiger charge is 2.12. The van der Waals surface area contributed by atoms with Crippen LogP contribution in [0.4, 0.5) is 4.39 Å². The van der Waals surface area contributed by atoms with Gasteiger partial charge in [0.2, 0.25) is 0 Å². The van der Waals surface area contributed by atoms with Gasteiger partial charge in [-0.1, -0.05) is 6.92 Å². The minimum absolute atomic E-state index is 0.270. The molecule has 0 saturated carbocycles. The zero-order valence-corrected chi connectivity index (χ0v) is 10.6. The molecular weight excluding hydrogens is 231 g/mol. The minimum Gasteiger partial charge on any atom is -0.324 e. The van der Waals surface area contributed by atoms with Crippen molar-refractivity contribution in [1.29, 1.82) is 0 Å². The molecule has 0 fully saturated rings. The molecule has 1 atom stereocenters. The van der Waals surface area contributed by atoms with Crippen LogP contribution in [0.15, 0.2) is 24.5 Å². The van der Waals surface area contributed by atoms with Crippen molar-refractivity contribution in [3.63, 3.8) is 0 Å². The van der Waals surface area contributed by atoms with Crippen molar-refractivity contribution in [2.45, 2.75) is 25.8 Å². The smallest absolute Gasteiger partial charge is 0.141 e. The van der Waals surface area contributed by atoms with Gasteiger partial charge in [0.05, 0.1) is 11.9 Å². The number of hydrogen-bond acceptors (Lipinski definition) is 3. The topological polar surface area (TPSA) is 56.7 Å². The third kappa shape index (κ3) is 2.73. The normalized spacial score (nSPS) is 12.7. The van der Waals surface area contributed by atoms with Crippen molar-refractivity contribution in [3.05, 3.63) is 47.3 Å². The average molecular weight is 248 g/mol. The van der Waals surface area contributed by atoms with Crippen LogP contribution in [0.5, 0.6) is 0 Å². The van der Waals surface area contributed by atoms with Crippen LogP contribution in [-0.2, 0) is 19.9 Å². The highest BCUT2D eigenvalue weighted by molar-refractivity contribution is 5.19. The fourth-order valence-corrected chi connectivity index (χ4v) is 1.91. The van der Waals surface area contributed by atoms with Crippen LogP contribution in [-0.4, -0.2) is 14.8 Å². The first-order valence-electron chi connectivity index (χ1n) is 5.98. The first-order valence-corrected chi connectivity index (χ1v) is 5.98. The summed E-state index contributed by atoms with van der Waals surface area (Å²) in [5.41, 5.74) is 8.85. The van der Waals surface area contributed by atoms with Crippen molar-refractivity contribution in [2.24, 2.45) is 12.8 Å². The molecule has 0 bridgehead atoms. The zero-order chi connectivity index (χ0) is 13.1. The summed E-state index contributed by atoms with van der Waals surface area (Å²) < 4.78 is 14.9. The predicted molar refractivity (Wildman–Crippen MR) is 67.4 cm³/mol. The number of aryl methyl sites for hydroxylation is 2. The Labute approximate surface area is 106 Å². The average Bonchev–Trinajstić information content (AvgIpc) is 2.70. The van der Waals surface area contributed by atoms with E-state index >= 15 is 0 Å². The summed E-state index contributed by atoms with van der Waals surface area (Å²) in [6.45, 7) is 2.06. The fraction of sp³-hybridized carbons (Fsp3) is 0.385. The third-order valence-electron chi connectivity index (χ3n) is 2.97. The molecule has 2 N–H and O–H groups in total. The summed E-state index contributed by atoms with van der Waals surface area (Å²) in [6, 6.07) is 3.19. The van der Waals surface area contributed by atoms with Crippen molar-refractivity contribution >= 4 is 0 Å². The van der Waals surface area contributed by atoms with Gasteiger partial charge >= 0.3 is 0 Å². The molecule has 2 aromatic heterocycles. The SMILES string of the molecule is CCc1cc(CC(N)c2cncc(F)c2)n(C)n1. The number of halogens is 1. The summed E-state index contributed by atoms with van der Waals surface area (Å²) in [7, 11) is 1.89. The molecule has 5 heteroatoms. The summed E-state index contributed by atoms with van der Waals surface area (Å²) in [5.74, 6) is -0.359. The van der Waals surface area contributed by atoms with Crippen molar-refractivity contribution in [2.75, 3.05) is 0 Å². The lowest BCUT2D eigenvalue weighted by atomic mass is 10.0. The highest BCUT2D eigenvalue weighted by atomic mass is 19.1. The molecule has 1 unspecified atom stereocenters. The molecule has 2 aromatic rings. The highest BCUT2D eigenvalue weighted by Crippen LogP contribution is 2.16. The summed E-state index contributed by atoms with van der Waals surface area (Å²) >= 11 is 0. The molecule has 0 aliphatic rings. The van der Waals surface area contributed by atoms with Gasteiger partial charge in [0, 0.05) is 31.4 Å². The summed E-state index contributed by atoms with van der Waals surface area (Å²) in [4.78, 5) is 3.81. The molecule has 0 saturated heterocycles. The van der Waals surface area contributed by atoms with E-state index < -0.39 is 0 Å². The van der Waals surface area contributed by atoms with Crippen LogP contribution in [0.1, 0.15) is 29.9 Å². The fourth-order valence-electron chi connectivity index (χ4n) is 1.91. The van der Waals surface area contributed by atoms with Gasteiger partial charge in [-0.15, -0.1) is 0 Å². The van der Waals surface area contributed by atoms with Gasteiger partial charge in [-0.2, -0.15) is 5.10 Å². The molecule has 0 aromatic carbocycles. The predicted octanol–water partition coefficient (Wildman–Crippen LogP) is 1.76. The Morgan fingerprint density at radius 3 is 2.78 bits per heavy atom. The van der Waals surface area contributed by atoms with Crippen LogP contribution < -0.4 is 5.73 Å². The lowest BCUT2D eigenvalue weighted by Gasteiger charge is -2.11. The minimum atomic E-state index is -0.359. The Hall–Kier alpha value is -1.75. The molecule has 0 amide bonds. The van der Waals surface area contributed by atoms with E-state index in [1.54, 1.807) is 6.20 Å². The van der Waals surface area contributed by atoms with E-state index in [1.165, 1.54) is 12.3 Å². The van der Waals surface area contributed by atoms with Crippen molar-refractivity contribution in [3.8, 4) is 0 Å². The Balaban J connectivity index is 2.15. The lowest BCUT2D eigenvalue weighted by molar-refractivity contribution is 0.602. The molecule has 96 valence electrons. The third-order valence-corrected chi connectivity index (χ3v) is 2.97. The number of nitrogens with two attached hydrogens (primary N) is 1. The van der Waals surface area contributed by atoms with Gasteiger partial charge in [0.15, 0.2) is 0 Å². The molecule has 2 rings (SSSR count). The van der Waals surface area contributed by atoms with E-state index in [-0.39, 0.29) is 11.9 Å². The Morgan fingerprint density at radius 1 is 1.39 bits per heavy atom. The van der Waals surface area contributed by atoms with Crippen molar-refractivity contribution < 1.29 is 4.39 Å². The molecule has 18 heavy (non-hydrogen) atoms. The van der Waals surface area contributed by atoms with Gasteiger partial charge in [-0.3, -0.25) is 9.67 Å². The second-order valence-corrected chi connectivity index (χ2v) is 4.35. The molecule has 4 nitrogen and oxygen atoms in total. The number of rotatable bonds is 4. The first kappa shape index (κ1) is 12.7. The van der Waals surface area contributed by atoms with Gasteiger partial charge in [0.25, 0.3) is 0 Å². The number of nitrogens with zero attached hydrogens (tertiary/aromatic N) is 3. The zero-order valence-electron chi connectivity index (χ0n) is 10.6. The molecule has 2 heterocycles. The van der Waals surface area contributed by atoms with Crippen LogP contribution in [0.3, 0.4) is 0 Å². The van der Waals surface area contributed by atoms with Gasteiger partial charge in [-0.05, 0) is 24.1 Å².